The monoisotopic (exact) mass is 272 g/mol. The van der Waals surface area contributed by atoms with Gasteiger partial charge in [-0.3, -0.25) is 0 Å². The minimum absolute atomic E-state index is 1.02. The van der Waals surface area contributed by atoms with Gasteiger partial charge in [-0.25, -0.2) is 4.57 Å². The molecule has 0 radical (unpaired) electrons. The summed E-state index contributed by atoms with van der Waals surface area (Å²) in [6.07, 6.45) is 6.25. The van der Waals surface area contributed by atoms with Crippen molar-refractivity contribution in [1.29, 1.82) is 0 Å². The molecule has 0 saturated heterocycles. The van der Waals surface area contributed by atoms with Gasteiger partial charge in [0.05, 0.1) is 0 Å². The summed E-state index contributed by atoms with van der Waals surface area (Å²) >= 11 is 0. The molecule has 1 heteroatoms. The van der Waals surface area contributed by atoms with E-state index in [-0.39, 0.29) is 0 Å². The van der Waals surface area contributed by atoms with E-state index >= 15 is 0 Å². The first-order chi connectivity index (χ1) is 10.2. The van der Waals surface area contributed by atoms with Crippen LogP contribution in [0.3, 0.4) is 0 Å². The fourth-order valence-electron chi connectivity index (χ4n) is 2.43. The number of allylic oxidation sites excluding steroid dienone is 2. The van der Waals surface area contributed by atoms with Crippen molar-refractivity contribution in [3.63, 3.8) is 0 Å². The summed E-state index contributed by atoms with van der Waals surface area (Å²) in [5.74, 6) is 0. The molecule has 0 amide bonds. The van der Waals surface area contributed by atoms with Crippen LogP contribution in [0.5, 0.6) is 0 Å². The molecule has 0 atom stereocenters. The number of aromatic nitrogens is 1. The summed E-state index contributed by atoms with van der Waals surface area (Å²) in [4.78, 5) is 0. The summed E-state index contributed by atoms with van der Waals surface area (Å²) < 4.78 is 2.13. The molecule has 21 heavy (non-hydrogen) atoms. The van der Waals surface area contributed by atoms with Gasteiger partial charge in [0.25, 0.3) is 0 Å². The molecule has 2 aromatic carbocycles. The van der Waals surface area contributed by atoms with Crippen LogP contribution in [0, 0.1) is 0 Å². The smallest absolute Gasteiger partial charge is 0.201 e. The molecule has 0 aliphatic carbocycles. The normalized spacial score (nSPS) is 11.1. The van der Waals surface area contributed by atoms with Crippen molar-refractivity contribution in [2.24, 2.45) is 7.05 Å². The van der Waals surface area contributed by atoms with Crippen LogP contribution in [0.15, 0.2) is 79.5 Å². The van der Waals surface area contributed by atoms with Gasteiger partial charge < -0.3 is 0 Å². The van der Waals surface area contributed by atoms with Crippen LogP contribution in [-0.2, 0) is 7.05 Å². The third-order valence-electron chi connectivity index (χ3n) is 3.64. The summed E-state index contributed by atoms with van der Waals surface area (Å²) in [6.45, 7) is 4.13. The van der Waals surface area contributed by atoms with Gasteiger partial charge >= 0.3 is 0 Å². The molecular weight excluding hydrogens is 254 g/mol. The highest BCUT2D eigenvalue weighted by Gasteiger charge is 2.03. The average molecular weight is 272 g/mol. The lowest BCUT2D eigenvalue weighted by molar-refractivity contribution is -0.644. The molecule has 102 valence electrons. The first kappa shape index (κ1) is 13.3. The summed E-state index contributed by atoms with van der Waals surface area (Å²) in [6, 6.07) is 20.9. The largest absolute Gasteiger partial charge is 0.212 e. The average Bonchev–Trinajstić information content (AvgIpc) is 2.53. The molecular formula is C20H18N+. The van der Waals surface area contributed by atoms with E-state index in [1.807, 2.05) is 18.2 Å². The lowest BCUT2D eigenvalue weighted by atomic mass is 10.1. The van der Waals surface area contributed by atoms with Crippen LogP contribution in [0.4, 0.5) is 0 Å². The van der Waals surface area contributed by atoms with Gasteiger partial charge in [-0.2, -0.15) is 0 Å². The Morgan fingerprint density at radius 1 is 1.00 bits per heavy atom. The topological polar surface area (TPSA) is 3.88 Å². The molecule has 1 heterocycles. The Labute approximate surface area is 125 Å². The second kappa shape index (κ2) is 5.76. The molecule has 1 nitrogen and oxygen atoms in total. The Morgan fingerprint density at radius 2 is 1.81 bits per heavy atom. The molecule has 0 aliphatic rings. The summed E-state index contributed by atoms with van der Waals surface area (Å²) in [5.41, 5.74) is 4.59. The van der Waals surface area contributed by atoms with Crippen LogP contribution < -0.4 is 4.57 Å². The Morgan fingerprint density at radius 3 is 2.62 bits per heavy atom. The van der Waals surface area contributed by atoms with Gasteiger partial charge in [0.1, 0.15) is 7.05 Å². The molecule has 0 fully saturated rings. The van der Waals surface area contributed by atoms with Crippen molar-refractivity contribution in [3.8, 4) is 0 Å². The van der Waals surface area contributed by atoms with E-state index in [9.17, 15) is 0 Å². The van der Waals surface area contributed by atoms with Crippen LogP contribution in [0.2, 0.25) is 0 Å². The number of pyridine rings is 1. The number of benzene rings is 2. The summed E-state index contributed by atoms with van der Waals surface area (Å²) in [7, 11) is 2.06. The molecule has 3 aromatic rings. The van der Waals surface area contributed by atoms with Crippen molar-refractivity contribution >= 4 is 22.6 Å². The van der Waals surface area contributed by atoms with Gasteiger partial charge in [0.2, 0.25) is 5.52 Å². The van der Waals surface area contributed by atoms with E-state index in [0.717, 1.165) is 11.1 Å². The van der Waals surface area contributed by atoms with Gasteiger partial charge in [-0.05, 0) is 34.9 Å². The second-order valence-corrected chi connectivity index (χ2v) is 5.16. The first-order valence-corrected chi connectivity index (χ1v) is 7.05. The second-order valence-electron chi connectivity index (χ2n) is 5.16. The van der Waals surface area contributed by atoms with E-state index in [1.54, 1.807) is 0 Å². The standard InChI is InChI=1S/C20H18N/c1-16(18-7-4-3-5-8-18)10-11-17-12-13-20-19(15-17)9-6-14-21(20)2/h3-15H,1H2,2H3/q+1/b11-10+. The fourth-order valence-corrected chi connectivity index (χ4v) is 2.43. The zero-order chi connectivity index (χ0) is 14.7. The van der Waals surface area contributed by atoms with E-state index < -0.39 is 0 Å². The Kier molecular flexibility index (Phi) is 3.65. The zero-order valence-corrected chi connectivity index (χ0v) is 12.2. The van der Waals surface area contributed by atoms with Crippen molar-refractivity contribution in [1.82, 2.24) is 0 Å². The van der Waals surface area contributed by atoms with E-state index in [4.69, 9.17) is 0 Å². The van der Waals surface area contributed by atoms with E-state index in [0.29, 0.717) is 0 Å². The van der Waals surface area contributed by atoms with Gasteiger partial charge in [-0.15, -0.1) is 0 Å². The molecule has 0 aliphatic heterocycles. The number of fused-ring (bicyclic) bond motifs is 1. The maximum absolute atomic E-state index is 4.13. The van der Waals surface area contributed by atoms with E-state index in [1.165, 1.54) is 16.5 Å². The molecule has 0 unspecified atom stereocenters. The predicted octanol–water partition coefficient (Wildman–Crippen LogP) is 4.39. The van der Waals surface area contributed by atoms with Crippen LogP contribution in [0.1, 0.15) is 11.1 Å². The Bertz CT molecular complexity index is 814. The first-order valence-electron chi connectivity index (χ1n) is 7.05. The molecule has 0 saturated carbocycles. The van der Waals surface area contributed by atoms with Gasteiger partial charge in [0.15, 0.2) is 6.20 Å². The molecule has 1 aromatic heterocycles. The highest BCUT2D eigenvalue weighted by atomic mass is 14.9. The fraction of sp³-hybridized carbons (Fsp3) is 0.0500. The number of nitrogens with zero attached hydrogens (tertiary/aromatic N) is 1. The van der Waals surface area contributed by atoms with Crippen molar-refractivity contribution < 1.29 is 4.57 Å². The highest BCUT2D eigenvalue weighted by Crippen LogP contribution is 2.17. The molecule has 3 rings (SSSR count). The van der Waals surface area contributed by atoms with Gasteiger partial charge in [0, 0.05) is 17.5 Å². The maximum Gasteiger partial charge on any atom is 0.212 e. The SMILES string of the molecule is C=C(/C=C/c1ccc2c(ccc[n+]2C)c1)c1ccccc1. The van der Waals surface area contributed by atoms with Crippen molar-refractivity contribution in [3.05, 3.63) is 90.6 Å². The molecule has 0 N–H and O–H groups in total. The minimum Gasteiger partial charge on any atom is -0.201 e. The van der Waals surface area contributed by atoms with Gasteiger partial charge in [-0.1, -0.05) is 49.1 Å². The van der Waals surface area contributed by atoms with Crippen LogP contribution in [0.25, 0.3) is 22.6 Å². The number of hydrogen-bond donors (Lipinski definition) is 0. The molecule has 0 spiro atoms. The lowest BCUT2D eigenvalue weighted by Crippen LogP contribution is -2.27. The third kappa shape index (κ3) is 2.92. The number of rotatable bonds is 3. The Balaban J connectivity index is 1.88. The van der Waals surface area contributed by atoms with Crippen LogP contribution in [-0.4, -0.2) is 0 Å². The number of aryl methyl sites for hydroxylation is 1. The Hall–Kier alpha value is -2.67. The summed E-state index contributed by atoms with van der Waals surface area (Å²) in [5, 5.41) is 1.24. The molecule has 0 bridgehead atoms. The lowest BCUT2D eigenvalue weighted by Gasteiger charge is -2.01. The quantitative estimate of drug-likeness (QED) is 0.492. The highest BCUT2D eigenvalue weighted by molar-refractivity contribution is 5.81. The maximum atomic E-state index is 4.13. The predicted molar refractivity (Wildman–Crippen MR) is 89.6 cm³/mol. The third-order valence-corrected chi connectivity index (χ3v) is 3.64. The van der Waals surface area contributed by atoms with E-state index in [2.05, 4.69) is 79.0 Å². The zero-order valence-electron chi connectivity index (χ0n) is 12.2. The van der Waals surface area contributed by atoms with Crippen LogP contribution >= 0.6 is 0 Å². The number of hydrogen-bond acceptors (Lipinski definition) is 0. The van der Waals surface area contributed by atoms with Crippen molar-refractivity contribution in [2.45, 2.75) is 0 Å². The van der Waals surface area contributed by atoms with Crippen molar-refractivity contribution in [2.75, 3.05) is 0 Å². The minimum atomic E-state index is 1.02.